The quantitative estimate of drug-likeness (QED) is 0.859. The Hall–Kier alpha value is -0.140. The highest BCUT2D eigenvalue weighted by Crippen LogP contribution is 2.35. The molecule has 2 saturated heterocycles. The van der Waals surface area contributed by atoms with Crippen molar-refractivity contribution in [3.8, 4) is 0 Å². The highest BCUT2D eigenvalue weighted by molar-refractivity contribution is 9.10. The summed E-state index contributed by atoms with van der Waals surface area (Å²) < 4.78 is 27.8. The highest BCUT2D eigenvalue weighted by Gasteiger charge is 2.39. The van der Waals surface area contributed by atoms with Crippen LogP contribution in [0.5, 0.6) is 0 Å². The van der Waals surface area contributed by atoms with Gasteiger partial charge in [0.2, 0.25) is 10.0 Å². The Morgan fingerprint density at radius 3 is 2.52 bits per heavy atom. The Kier molecular flexibility index (Phi) is 4.36. The fraction of sp³-hybridized carbons (Fsp3) is 0.571. The maximum absolute atomic E-state index is 12.8. The molecule has 3 rings (SSSR count). The van der Waals surface area contributed by atoms with Crippen LogP contribution >= 0.6 is 27.5 Å². The Bertz CT molecular complexity index is 640. The van der Waals surface area contributed by atoms with E-state index < -0.39 is 10.0 Å². The molecular formula is C14H18BrClN2O2S. The van der Waals surface area contributed by atoms with Gasteiger partial charge in [0.25, 0.3) is 0 Å². The fourth-order valence-corrected chi connectivity index (χ4v) is 5.74. The number of nitrogens with one attached hydrogen (secondary N) is 1. The minimum Gasteiger partial charge on any atom is -0.311 e. The first kappa shape index (κ1) is 15.7. The number of piperidine rings is 1. The van der Waals surface area contributed by atoms with Gasteiger partial charge < -0.3 is 5.32 Å². The Balaban J connectivity index is 1.89. The molecule has 0 aliphatic carbocycles. The molecule has 21 heavy (non-hydrogen) atoms. The Morgan fingerprint density at radius 1 is 1.29 bits per heavy atom. The molecule has 116 valence electrons. The van der Waals surface area contributed by atoms with Gasteiger partial charge in [-0.05, 0) is 53.7 Å². The maximum atomic E-state index is 12.8. The second-order valence-corrected chi connectivity index (χ2v) is 9.03. The van der Waals surface area contributed by atoms with Gasteiger partial charge in [0, 0.05) is 29.6 Å². The summed E-state index contributed by atoms with van der Waals surface area (Å²) in [6, 6.07) is 5.95. The first-order valence-electron chi connectivity index (χ1n) is 7.07. The second kappa shape index (κ2) is 5.81. The van der Waals surface area contributed by atoms with Crippen molar-refractivity contribution in [2.75, 3.05) is 7.05 Å². The van der Waals surface area contributed by atoms with E-state index in [-0.39, 0.29) is 16.0 Å². The number of benzene rings is 1. The summed E-state index contributed by atoms with van der Waals surface area (Å²) in [6.07, 6.45) is 4.04. The molecule has 0 aromatic heterocycles. The van der Waals surface area contributed by atoms with E-state index in [1.807, 2.05) is 0 Å². The summed E-state index contributed by atoms with van der Waals surface area (Å²) >= 11 is 9.45. The summed E-state index contributed by atoms with van der Waals surface area (Å²) in [7, 11) is -1.90. The van der Waals surface area contributed by atoms with Gasteiger partial charge in [0.05, 0.1) is 5.02 Å². The third-order valence-electron chi connectivity index (χ3n) is 4.54. The number of hydrogen-bond donors (Lipinski definition) is 1. The van der Waals surface area contributed by atoms with Crippen LogP contribution < -0.4 is 5.32 Å². The van der Waals surface area contributed by atoms with Gasteiger partial charge >= 0.3 is 0 Å². The van der Waals surface area contributed by atoms with Crippen molar-refractivity contribution >= 4 is 37.6 Å². The third kappa shape index (κ3) is 2.88. The van der Waals surface area contributed by atoms with E-state index >= 15 is 0 Å². The van der Waals surface area contributed by atoms with E-state index in [0.717, 1.165) is 25.7 Å². The van der Waals surface area contributed by atoms with Crippen molar-refractivity contribution in [3.63, 3.8) is 0 Å². The molecular weight excluding hydrogens is 376 g/mol. The summed E-state index contributed by atoms with van der Waals surface area (Å²) in [5.41, 5.74) is 0. The second-order valence-electron chi connectivity index (χ2n) is 5.84. The molecule has 4 nitrogen and oxygen atoms in total. The summed E-state index contributed by atoms with van der Waals surface area (Å²) in [4.78, 5) is 0.173. The van der Waals surface area contributed by atoms with Crippen molar-refractivity contribution in [1.29, 1.82) is 0 Å². The van der Waals surface area contributed by atoms with Crippen LogP contribution in [0.3, 0.4) is 0 Å². The Morgan fingerprint density at radius 2 is 1.90 bits per heavy atom. The molecule has 2 aliphatic rings. The van der Waals surface area contributed by atoms with Gasteiger partial charge in [-0.2, -0.15) is 4.31 Å². The lowest BCUT2D eigenvalue weighted by molar-refractivity contribution is 0.251. The largest absolute Gasteiger partial charge is 0.311 e. The molecule has 2 fully saturated rings. The van der Waals surface area contributed by atoms with Crippen LogP contribution in [0.4, 0.5) is 0 Å². The van der Waals surface area contributed by atoms with Gasteiger partial charge in [-0.1, -0.05) is 17.7 Å². The van der Waals surface area contributed by atoms with Crippen molar-refractivity contribution in [1.82, 2.24) is 9.62 Å². The predicted octanol–water partition coefficient (Wildman–Crippen LogP) is 3.01. The van der Waals surface area contributed by atoms with Crippen LogP contribution in [0.1, 0.15) is 25.7 Å². The molecule has 2 unspecified atom stereocenters. The maximum Gasteiger partial charge on any atom is 0.244 e. The van der Waals surface area contributed by atoms with Crippen molar-refractivity contribution in [2.24, 2.45) is 0 Å². The first-order valence-corrected chi connectivity index (χ1v) is 9.69. The summed E-state index contributed by atoms with van der Waals surface area (Å²) in [5.74, 6) is 0. The average Bonchev–Trinajstić information content (AvgIpc) is 2.79. The van der Waals surface area contributed by atoms with E-state index in [1.54, 1.807) is 25.2 Å². The molecule has 0 amide bonds. The zero-order valence-corrected chi connectivity index (χ0v) is 14.9. The Labute approximate surface area is 139 Å². The molecule has 0 saturated carbocycles. The van der Waals surface area contributed by atoms with Crippen molar-refractivity contribution in [2.45, 2.75) is 48.7 Å². The number of rotatable bonds is 3. The van der Waals surface area contributed by atoms with E-state index in [4.69, 9.17) is 11.6 Å². The van der Waals surface area contributed by atoms with E-state index in [0.29, 0.717) is 16.6 Å². The number of sulfonamides is 1. The minimum atomic E-state index is -3.57. The zero-order chi connectivity index (χ0) is 15.2. The standard InChI is InChI=1S/C14H18BrClN2O2S/c1-18(11-7-9-5-6-10(8-11)17-9)21(19,20)13-4-2-3-12(15)14(13)16/h2-4,9-11,17H,5-8H2,1H3. The molecule has 2 atom stereocenters. The van der Waals surface area contributed by atoms with E-state index in [9.17, 15) is 8.42 Å². The molecule has 7 heteroatoms. The molecule has 0 radical (unpaired) electrons. The van der Waals surface area contributed by atoms with E-state index in [1.165, 1.54) is 4.31 Å². The summed E-state index contributed by atoms with van der Waals surface area (Å²) in [6.45, 7) is 0. The average molecular weight is 394 g/mol. The van der Waals surface area contributed by atoms with Gasteiger partial charge in [-0.15, -0.1) is 0 Å². The molecule has 2 heterocycles. The zero-order valence-electron chi connectivity index (χ0n) is 11.7. The molecule has 1 aromatic rings. The SMILES string of the molecule is CN(C1CC2CCC(C1)N2)S(=O)(=O)c1cccc(Br)c1Cl. The normalized spacial score (nSPS) is 29.0. The molecule has 1 aromatic carbocycles. The van der Waals surface area contributed by atoms with Crippen LogP contribution in [0.2, 0.25) is 5.02 Å². The lowest BCUT2D eigenvalue weighted by Crippen LogP contribution is -2.48. The van der Waals surface area contributed by atoms with Crippen LogP contribution in [0, 0.1) is 0 Å². The van der Waals surface area contributed by atoms with E-state index in [2.05, 4.69) is 21.2 Å². The highest BCUT2D eigenvalue weighted by atomic mass is 79.9. The van der Waals surface area contributed by atoms with Crippen molar-refractivity contribution in [3.05, 3.63) is 27.7 Å². The van der Waals surface area contributed by atoms with Crippen LogP contribution in [0.25, 0.3) is 0 Å². The van der Waals surface area contributed by atoms with Gasteiger partial charge in [0.15, 0.2) is 0 Å². The minimum absolute atomic E-state index is 0.0452. The van der Waals surface area contributed by atoms with Crippen LogP contribution in [-0.4, -0.2) is 37.9 Å². The van der Waals surface area contributed by atoms with Crippen LogP contribution in [-0.2, 0) is 10.0 Å². The smallest absolute Gasteiger partial charge is 0.244 e. The van der Waals surface area contributed by atoms with Gasteiger partial charge in [-0.3, -0.25) is 0 Å². The first-order chi connectivity index (χ1) is 9.89. The number of halogens is 2. The van der Waals surface area contributed by atoms with Gasteiger partial charge in [0.1, 0.15) is 4.90 Å². The monoisotopic (exact) mass is 392 g/mol. The predicted molar refractivity (Wildman–Crippen MR) is 87.1 cm³/mol. The number of hydrogen-bond acceptors (Lipinski definition) is 3. The molecule has 1 N–H and O–H groups in total. The van der Waals surface area contributed by atoms with Gasteiger partial charge in [-0.25, -0.2) is 8.42 Å². The topological polar surface area (TPSA) is 49.4 Å². The number of nitrogens with zero attached hydrogens (tertiary/aromatic N) is 1. The lowest BCUT2D eigenvalue weighted by atomic mass is 10.0. The molecule has 2 aliphatic heterocycles. The van der Waals surface area contributed by atoms with Crippen LogP contribution in [0.15, 0.2) is 27.6 Å². The molecule has 2 bridgehead atoms. The van der Waals surface area contributed by atoms with Crippen molar-refractivity contribution < 1.29 is 8.42 Å². The fourth-order valence-electron chi connectivity index (χ4n) is 3.36. The lowest BCUT2D eigenvalue weighted by Gasteiger charge is -2.35. The molecule has 0 spiro atoms. The number of fused-ring (bicyclic) bond motifs is 2. The summed E-state index contributed by atoms with van der Waals surface area (Å²) in [5, 5.41) is 3.78. The third-order valence-corrected chi connectivity index (χ3v) is 7.90.